The van der Waals surface area contributed by atoms with Crippen LogP contribution in [0.15, 0.2) is 0 Å². The molecule has 0 aromatic rings. The van der Waals surface area contributed by atoms with Crippen LogP contribution >= 0.6 is 0 Å². The van der Waals surface area contributed by atoms with Gasteiger partial charge >= 0.3 is 5.97 Å². The molecule has 0 aliphatic carbocycles. The summed E-state index contributed by atoms with van der Waals surface area (Å²) < 4.78 is 10.1. The maximum Gasteiger partial charge on any atom is 0.303 e. The summed E-state index contributed by atoms with van der Waals surface area (Å²) in [7, 11) is 0. The Hall–Kier alpha value is -0.650. The lowest BCUT2D eigenvalue weighted by Crippen LogP contribution is -2.35. The normalized spacial score (nSPS) is 39.6. The van der Waals surface area contributed by atoms with Gasteiger partial charge in [0.25, 0.3) is 0 Å². The Kier molecular flexibility index (Phi) is 2.00. The molecule has 2 aliphatic rings. The summed E-state index contributed by atoms with van der Waals surface area (Å²) in [5, 5.41) is 0. The van der Waals surface area contributed by atoms with Gasteiger partial charge in [0.05, 0.1) is 0 Å². The third kappa shape index (κ3) is 1.43. The fourth-order valence-corrected chi connectivity index (χ4v) is 1.34. The number of ether oxygens (including phenoxy) is 2. The molecule has 5 heteroatoms. The zero-order valence-electron chi connectivity index (χ0n) is 6.69. The van der Waals surface area contributed by atoms with Crippen LogP contribution in [0.1, 0.15) is 19.8 Å². The lowest BCUT2D eigenvalue weighted by atomic mass is 10.1. The first-order valence-electron chi connectivity index (χ1n) is 3.90. The Bertz CT molecular complexity index is 192. The first-order chi connectivity index (χ1) is 5.75. The molecule has 0 radical (unpaired) electrons. The molecule has 0 spiro atoms. The highest BCUT2D eigenvalue weighted by molar-refractivity contribution is 5.66. The van der Waals surface area contributed by atoms with Crippen LogP contribution in [0.2, 0.25) is 0 Å². The standard InChI is InChI=1S/C7H10O5/c1-4(8)9-5-2-3-6-10-7(5)12-11-6/h5-7H,2-3H2,1H3/t5-,6-,7+/m1/s1. The van der Waals surface area contributed by atoms with Gasteiger partial charge in [0.2, 0.25) is 6.29 Å². The largest absolute Gasteiger partial charge is 0.457 e. The van der Waals surface area contributed by atoms with Crippen LogP contribution in [0.25, 0.3) is 0 Å². The minimum absolute atomic E-state index is 0.276. The minimum atomic E-state index is -0.535. The third-order valence-electron chi connectivity index (χ3n) is 1.85. The predicted molar refractivity (Wildman–Crippen MR) is 35.6 cm³/mol. The van der Waals surface area contributed by atoms with E-state index in [4.69, 9.17) is 19.2 Å². The molecular weight excluding hydrogens is 164 g/mol. The summed E-state index contributed by atoms with van der Waals surface area (Å²) in [6.07, 6.45) is 0.305. The molecule has 2 bridgehead atoms. The number of hydrogen-bond acceptors (Lipinski definition) is 5. The van der Waals surface area contributed by atoms with Crippen molar-refractivity contribution in [2.45, 2.75) is 38.4 Å². The third-order valence-corrected chi connectivity index (χ3v) is 1.85. The van der Waals surface area contributed by atoms with Crippen molar-refractivity contribution in [1.29, 1.82) is 0 Å². The number of rotatable bonds is 1. The van der Waals surface area contributed by atoms with Gasteiger partial charge in [0, 0.05) is 13.3 Å². The smallest absolute Gasteiger partial charge is 0.303 e. The van der Waals surface area contributed by atoms with Gasteiger partial charge in [0.1, 0.15) is 0 Å². The summed E-state index contributed by atoms with van der Waals surface area (Å²) in [6, 6.07) is 0. The van der Waals surface area contributed by atoms with Crippen LogP contribution in [-0.2, 0) is 24.0 Å². The average molecular weight is 174 g/mol. The number of esters is 1. The Morgan fingerprint density at radius 1 is 1.42 bits per heavy atom. The van der Waals surface area contributed by atoms with Crippen LogP contribution in [0, 0.1) is 0 Å². The van der Waals surface area contributed by atoms with Crippen molar-refractivity contribution in [3.8, 4) is 0 Å². The topological polar surface area (TPSA) is 54.0 Å². The molecule has 0 amide bonds. The Labute approximate surface area is 69.5 Å². The summed E-state index contributed by atoms with van der Waals surface area (Å²) in [4.78, 5) is 20.2. The SMILES string of the molecule is CC(=O)O[C@@H]1CC[C@H]2OO[C@@H]1O2. The van der Waals surface area contributed by atoms with Crippen LogP contribution in [0.5, 0.6) is 0 Å². The molecule has 0 saturated carbocycles. The fourth-order valence-electron chi connectivity index (χ4n) is 1.34. The lowest BCUT2D eigenvalue weighted by Gasteiger charge is -2.23. The van der Waals surface area contributed by atoms with E-state index >= 15 is 0 Å². The van der Waals surface area contributed by atoms with Crippen molar-refractivity contribution in [3.05, 3.63) is 0 Å². The number of carbonyl (C=O) groups excluding carboxylic acids is 1. The van der Waals surface area contributed by atoms with Crippen LogP contribution < -0.4 is 0 Å². The van der Waals surface area contributed by atoms with Crippen molar-refractivity contribution < 1.29 is 24.0 Å². The molecule has 2 heterocycles. The van der Waals surface area contributed by atoms with Crippen molar-refractivity contribution >= 4 is 5.97 Å². The monoisotopic (exact) mass is 174 g/mol. The van der Waals surface area contributed by atoms with E-state index in [1.165, 1.54) is 6.92 Å². The first-order valence-corrected chi connectivity index (χ1v) is 3.90. The molecule has 2 aliphatic heterocycles. The second-order valence-corrected chi connectivity index (χ2v) is 2.85. The number of fused-ring (bicyclic) bond motifs is 2. The van der Waals surface area contributed by atoms with Crippen molar-refractivity contribution in [2.75, 3.05) is 0 Å². The molecule has 68 valence electrons. The maximum absolute atomic E-state index is 10.6. The molecule has 12 heavy (non-hydrogen) atoms. The summed E-state index contributed by atoms with van der Waals surface area (Å²) in [5.74, 6) is -0.322. The highest BCUT2D eigenvalue weighted by Gasteiger charge is 2.41. The van der Waals surface area contributed by atoms with Gasteiger partial charge in [-0.15, -0.1) is 0 Å². The van der Waals surface area contributed by atoms with E-state index in [1.54, 1.807) is 0 Å². The Morgan fingerprint density at radius 3 is 3.00 bits per heavy atom. The van der Waals surface area contributed by atoms with E-state index in [1.807, 2.05) is 0 Å². The van der Waals surface area contributed by atoms with E-state index in [0.717, 1.165) is 6.42 Å². The van der Waals surface area contributed by atoms with Gasteiger partial charge < -0.3 is 9.47 Å². The molecular formula is C7H10O5. The van der Waals surface area contributed by atoms with Crippen LogP contribution in [-0.4, -0.2) is 24.7 Å². The van der Waals surface area contributed by atoms with Gasteiger partial charge in [0.15, 0.2) is 12.4 Å². The zero-order valence-corrected chi connectivity index (χ0v) is 6.69. The van der Waals surface area contributed by atoms with Gasteiger partial charge in [-0.05, 0) is 6.42 Å². The molecule has 0 aromatic carbocycles. The molecule has 2 fully saturated rings. The minimum Gasteiger partial charge on any atom is -0.457 e. The van der Waals surface area contributed by atoms with Crippen LogP contribution in [0.4, 0.5) is 0 Å². The number of carbonyl (C=O) groups is 1. The Balaban J connectivity index is 1.93. The van der Waals surface area contributed by atoms with Gasteiger partial charge in [-0.3, -0.25) is 4.79 Å². The van der Waals surface area contributed by atoms with E-state index in [9.17, 15) is 4.79 Å². The average Bonchev–Trinajstić information content (AvgIpc) is 2.39. The first kappa shape index (κ1) is 7.97. The molecule has 0 N–H and O–H groups in total. The highest BCUT2D eigenvalue weighted by atomic mass is 17.3. The predicted octanol–water partition coefficient (Wildman–Crippen LogP) is 0.343. The highest BCUT2D eigenvalue weighted by Crippen LogP contribution is 2.29. The second kappa shape index (κ2) is 3.01. The van der Waals surface area contributed by atoms with Crippen LogP contribution in [0.3, 0.4) is 0 Å². The van der Waals surface area contributed by atoms with E-state index in [0.29, 0.717) is 6.42 Å². The maximum atomic E-state index is 10.6. The second-order valence-electron chi connectivity index (χ2n) is 2.85. The van der Waals surface area contributed by atoms with E-state index in [-0.39, 0.29) is 18.4 Å². The number of hydrogen-bond donors (Lipinski definition) is 0. The molecule has 2 saturated heterocycles. The van der Waals surface area contributed by atoms with Crippen molar-refractivity contribution in [1.82, 2.24) is 0 Å². The quantitative estimate of drug-likeness (QED) is 0.424. The van der Waals surface area contributed by atoms with Crippen molar-refractivity contribution in [3.63, 3.8) is 0 Å². The summed E-state index contributed by atoms with van der Waals surface area (Å²) in [6.45, 7) is 1.36. The van der Waals surface area contributed by atoms with E-state index in [2.05, 4.69) is 0 Å². The molecule has 5 nitrogen and oxygen atoms in total. The van der Waals surface area contributed by atoms with Gasteiger partial charge in [-0.2, -0.15) is 4.89 Å². The molecule has 2 rings (SSSR count). The fraction of sp³-hybridized carbons (Fsp3) is 0.857. The Morgan fingerprint density at radius 2 is 2.25 bits per heavy atom. The van der Waals surface area contributed by atoms with Gasteiger partial charge in [-0.25, -0.2) is 4.89 Å². The molecule has 0 unspecified atom stereocenters. The summed E-state index contributed by atoms with van der Waals surface area (Å²) in [5.41, 5.74) is 0. The molecule has 0 aromatic heterocycles. The van der Waals surface area contributed by atoms with Crippen molar-refractivity contribution in [2.24, 2.45) is 0 Å². The lowest BCUT2D eigenvalue weighted by molar-refractivity contribution is -0.299. The van der Waals surface area contributed by atoms with E-state index < -0.39 is 6.29 Å². The summed E-state index contributed by atoms with van der Waals surface area (Å²) >= 11 is 0. The van der Waals surface area contributed by atoms with Gasteiger partial charge in [-0.1, -0.05) is 0 Å². The molecule has 3 atom stereocenters. The zero-order chi connectivity index (χ0) is 8.55.